The molecule has 3 rings (SSSR count). The summed E-state index contributed by atoms with van der Waals surface area (Å²) in [5.74, 6) is 0.781. The molecule has 0 bridgehead atoms. The van der Waals surface area contributed by atoms with Crippen molar-refractivity contribution < 1.29 is 4.39 Å². The first-order valence-electron chi connectivity index (χ1n) is 7.17. The average molecular weight is 283 g/mol. The van der Waals surface area contributed by atoms with Gasteiger partial charge in [-0.25, -0.2) is 9.37 Å². The Kier molecular flexibility index (Phi) is 3.60. The van der Waals surface area contributed by atoms with Gasteiger partial charge in [-0.3, -0.25) is 0 Å². The van der Waals surface area contributed by atoms with Crippen molar-refractivity contribution in [1.29, 1.82) is 0 Å². The van der Waals surface area contributed by atoms with E-state index in [1.54, 1.807) is 12.1 Å². The first kappa shape index (κ1) is 13.6. The Morgan fingerprint density at radius 1 is 1.19 bits per heavy atom. The molecule has 0 unspecified atom stereocenters. The number of anilines is 1. The monoisotopic (exact) mass is 283 g/mol. The number of aromatic nitrogens is 2. The van der Waals surface area contributed by atoms with E-state index in [0.29, 0.717) is 12.2 Å². The van der Waals surface area contributed by atoms with E-state index in [-0.39, 0.29) is 5.82 Å². The SMILES string of the molecule is CCCc1nc2c(N)cccc2n1Cc1cccc(F)c1. The number of nitrogens with zero attached hydrogens (tertiary/aromatic N) is 2. The molecule has 1 aromatic heterocycles. The summed E-state index contributed by atoms with van der Waals surface area (Å²) in [6.45, 7) is 2.72. The normalized spacial score (nSPS) is 11.1. The summed E-state index contributed by atoms with van der Waals surface area (Å²) >= 11 is 0. The fraction of sp³-hybridized carbons (Fsp3) is 0.235. The fourth-order valence-corrected chi connectivity index (χ4v) is 2.63. The molecule has 2 aromatic carbocycles. The summed E-state index contributed by atoms with van der Waals surface area (Å²) in [7, 11) is 0. The molecule has 0 atom stereocenters. The van der Waals surface area contributed by atoms with Gasteiger partial charge in [0.25, 0.3) is 0 Å². The van der Waals surface area contributed by atoms with Crippen LogP contribution in [0, 0.1) is 5.82 Å². The van der Waals surface area contributed by atoms with Gasteiger partial charge in [0, 0.05) is 13.0 Å². The average Bonchev–Trinajstić information content (AvgIpc) is 2.79. The van der Waals surface area contributed by atoms with E-state index in [0.717, 1.165) is 35.3 Å². The molecule has 0 saturated heterocycles. The molecule has 0 fully saturated rings. The molecule has 108 valence electrons. The third kappa shape index (κ3) is 2.61. The summed E-state index contributed by atoms with van der Waals surface area (Å²) in [6.07, 6.45) is 1.88. The molecule has 2 N–H and O–H groups in total. The van der Waals surface area contributed by atoms with Crippen molar-refractivity contribution in [2.45, 2.75) is 26.3 Å². The van der Waals surface area contributed by atoms with Crippen molar-refractivity contribution in [2.75, 3.05) is 5.73 Å². The molecule has 21 heavy (non-hydrogen) atoms. The summed E-state index contributed by atoms with van der Waals surface area (Å²) in [6, 6.07) is 12.5. The standard InChI is InChI=1S/C17H18FN3/c1-2-5-16-20-17-14(19)8-4-9-15(17)21(16)11-12-6-3-7-13(18)10-12/h3-4,6-10H,2,5,11,19H2,1H3. The van der Waals surface area contributed by atoms with E-state index < -0.39 is 0 Å². The molecular formula is C17H18FN3. The van der Waals surface area contributed by atoms with Crippen LogP contribution in [0.4, 0.5) is 10.1 Å². The topological polar surface area (TPSA) is 43.8 Å². The lowest BCUT2D eigenvalue weighted by Gasteiger charge is -2.09. The van der Waals surface area contributed by atoms with Crippen LogP contribution in [0.15, 0.2) is 42.5 Å². The molecule has 4 heteroatoms. The van der Waals surface area contributed by atoms with Crippen molar-refractivity contribution in [2.24, 2.45) is 0 Å². The lowest BCUT2D eigenvalue weighted by atomic mass is 10.2. The van der Waals surface area contributed by atoms with Gasteiger partial charge in [-0.2, -0.15) is 0 Å². The predicted molar refractivity (Wildman–Crippen MR) is 83.6 cm³/mol. The number of benzene rings is 2. The van der Waals surface area contributed by atoms with Gasteiger partial charge in [-0.05, 0) is 36.2 Å². The van der Waals surface area contributed by atoms with Crippen LogP contribution in [-0.2, 0) is 13.0 Å². The van der Waals surface area contributed by atoms with Gasteiger partial charge >= 0.3 is 0 Å². The maximum absolute atomic E-state index is 13.4. The summed E-state index contributed by atoms with van der Waals surface area (Å²) < 4.78 is 15.5. The molecule has 0 aliphatic carbocycles. The zero-order valence-corrected chi connectivity index (χ0v) is 12.0. The molecule has 3 aromatic rings. The molecule has 1 heterocycles. The molecule has 0 aliphatic heterocycles. The number of fused-ring (bicyclic) bond motifs is 1. The zero-order chi connectivity index (χ0) is 14.8. The van der Waals surface area contributed by atoms with Gasteiger partial charge in [0.1, 0.15) is 17.2 Å². The van der Waals surface area contributed by atoms with E-state index in [1.165, 1.54) is 6.07 Å². The third-order valence-corrected chi connectivity index (χ3v) is 3.59. The number of hydrogen-bond donors (Lipinski definition) is 1. The lowest BCUT2D eigenvalue weighted by Crippen LogP contribution is -2.05. The Bertz CT molecular complexity index is 777. The molecule has 0 saturated carbocycles. The number of nitrogens with two attached hydrogens (primary N) is 1. The molecule has 0 radical (unpaired) electrons. The minimum absolute atomic E-state index is 0.214. The third-order valence-electron chi connectivity index (χ3n) is 3.59. The number of nitrogen functional groups attached to an aromatic ring is 1. The molecule has 3 nitrogen and oxygen atoms in total. The van der Waals surface area contributed by atoms with Gasteiger partial charge in [-0.15, -0.1) is 0 Å². The fourth-order valence-electron chi connectivity index (χ4n) is 2.63. The second-order valence-electron chi connectivity index (χ2n) is 5.21. The highest BCUT2D eigenvalue weighted by atomic mass is 19.1. The number of rotatable bonds is 4. The van der Waals surface area contributed by atoms with Crippen molar-refractivity contribution in [3.05, 3.63) is 59.7 Å². The Hall–Kier alpha value is -2.36. The van der Waals surface area contributed by atoms with Crippen molar-refractivity contribution >= 4 is 16.7 Å². The molecular weight excluding hydrogens is 265 g/mol. The highest BCUT2D eigenvalue weighted by Crippen LogP contribution is 2.23. The quantitative estimate of drug-likeness (QED) is 0.741. The highest BCUT2D eigenvalue weighted by Gasteiger charge is 2.12. The minimum Gasteiger partial charge on any atom is -0.397 e. The summed E-state index contributed by atoms with van der Waals surface area (Å²) in [4.78, 5) is 4.66. The van der Waals surface area contributed by atoms with Gasteiger partial charge in [0.2, 0.25) is 0 Å². The number of halogens is 1. The highest BCUT2D eigenvalue weighted by molar-refractivity contribution is 5.87. The van der Waals surface area contributed by atoms with Gasteiger partial charge in [0.15, 0.2) is 0 Å². The molecule has 0 spiro atoms. The van der Waals surface area contributed by atoms with E-state index in [4.69, 9.17) is 5.73 Å². The largest absolute Gasteiger partial charge is 0.397 e. The van der Waals surface area contributed by atoms with Gasteiger partial charge < -0.3 is 10.3 Å². The Morgan fingerprint density at radius 2 is 2.00 bits per heavy atom. The van der Waals surface area contributed by atoms with Crippen LogP contribution in [0.5, 0.6) is 0 Å². The van der Waals surface area contributed by atoms with E-state index >= 15 is 0 Å². The summed E-state index contributed by atoms with van der Waals surface area (Å²) in [5, 5.41) is 0. The zero-order valence-electron chi connectivity index (χ0n) is 12.0. The molecule has 0 aliphatic rings. The van der Waals surface area contributed by atoms with Crippen LogP contribution in [-0.4, -0.2) is 9.55 Å². The maximum Gasteiger partial charge on any atom is 0.123 e. The number of aryl methyl sites for hydroxylation is 1. The van der Waals surface area contributed by atoms with Crippen LogP contribution in [0.2, 0.25) is 0 Å². The Labute approximate surface area is 123 Å². The first-order valence-corrected chi connectivity index (χ1v) is 7.17. The van der Waals surface area contributed by atoms with E-state index in [9.17, 15) is 4.39 Å². The van der Waals surface area contributed by atoms with Crippen LogP contribution in [0.3, 0.4) is 0 Å². The van der Waals surface area contributed by atoms with Gasteiger partial charge in [0.05, 0.1) is 11.2 Å². The van der Waals surface area contributed by atoms with Crippen LogP contribution >= 0.6 is 0 Å². The maximum atomic E-state index is 13.4. The number of imidazole rings is 1. The number of para-hydroxylation sites is 1. The Morgan fingerprint density at radius 3 is 2.76 bits per heavy atom. The predicted octanol–water partition coefficient (Wildman–Crippen LogP) is 3.76. The minimum atomic E-state index is -0.214. The van der Waals surface area contributed by atoms with Crippen LogP contribution in [0.1, 0.15) is 24.7 Å². The van der Waals surface area contributed by atoms with Crippen molar-refractivity contribution in [3.8, 4) is 0 Å². The van der Waals surface area contributed by atoms with Gasteiger partial charge in [-0.1, -0.05) is 25.1 Å². The van der Waals surface area contributed by atoms with Crippen LogP contribution < -0.4 is 5.73 Å². The smallest absolute Gasteiger partial charge is 0.123 e. The van der Waals surface area contributed by atoms with E-state index in [1.807, 2.05) is 24.3 Å². The lowest BCUT2D eigenvalue weighted by molar-refractivity contribution is 0.622. The Balaban J connectivity index is 2.11. The van der Waals surface area contributed by atoms with Crippen molar-refractivity contribution in [1.82, 2.24) is 9.55 Å². The molecule has 0 amide bonds. The first-order chi connectivity index (χ1) is 10.2. The summed E-state index contributed by atoms with van der Waals surface area (Å²) in [5.41, 5.74) is 9.46. The second kappa shape index (κ2) is 5.56. The van der Waals surface area contributed by atoms with E-state index in [2.05, 4.69) is 16.5 Å². The number of hydrogen-bond acceptors (Lipinski definition) is 2. The van der Waals surface area contributed by atoms with Crippen LogP contribution in [0.25, 0.3) is 11.0 Å². The van der Waals surface area contributed by atoms with Crippen molar-refractivity contribution in [3.63, 3.8) is 0 Å². The second-order valence-corrected chi connectivity index (χ2v) is 5.21.